The van der Waals surface area contributed by atoms with Crippen molar-refractivity contribution in [2.24, 2.45) is 0 Å². The standard InChI is InChI=1S/C20H20NO4/c1-22-17-4-3-12-7-16-14-9-19-18(24-11-25-19)8-13(14)5-6-21(16)10-15(12)20(17)23-2/h3-4,8-9H,5-7,10-11H2,1-2H3/q+1. The Morgan fingerprint density at radius 1 is 1.00 bits per heavy atom. The minimum atomic E-state index is 0.317. The van der Waals surface area contributed by atoms with E-state index < -0.39 is 0 Å². The molecule has 2 aromatic rings. The van der Waals surface area contributed by atoms with Crippen LogP contribution in [-0.4, -0.2) is 37.8 Å². The van der Waals surface area contributed by atoms with E-state index in [1.54, 1.807) is 14.2 Å². The molecular weight excluding hydrogens is 318 g/mol. The van der Waals surface area contributed by atoms with Crippen LogP contribution >= 0.6 is 0 Å². The fourth-order valence-electron chi connectivity index (χ4n) is 4.14. The molecule has 0 saturated heterocycles. The van der Waals surface area contributed by atoms with Gasteiger partial charge >= 0.3 is 0 Å². The molecule has 128 valence electrons. The normalized spacial score (nSPS) is 16.9. The molecule has 0 saturated carbocycles. The molecule has 0 amide bonds. The van der Waals surface area contributed by atoms with Crippen LogP contribution < -0.4 is 18.9 Å². The molecule has 0 aliphatic carbocycles. The zero-order valence-corrected chi connectivity index (χ0v) is 14.4. The van der Waals surface area contributed by atoms with Crippen molar-refractivity contribution in [1.29, 1.82) is 0 Å². The van der Waals surface area contributed by atoms with Crippen LogP contribution in [0.4, 0.5) is 0 Å². The van der Waals surface area contributed by atoms with E-state index in [2.05, 4.69) is 22.8 Å². The number of hydrogen-bond donors (Lipinski definition) is 0. The Labute approximate surface area is 146 Å². The van der Waals surface area contributed by atoms with Crippen LogP contribution in [-0.2, 0) is 19.4 Å². The fraction of sp³-hybridized carbons (Fsp3) is 0.350. The Morgan fingerprint density at radius 2 is 1.84 bits per heavy atom. The van der Waals surface area contributed by atoms with Crippen molar-refractivity contribution < 1.29 is 23.5 Å². The molecule has 0 fully saturated rings. The lowest BCUT2D eigenvalue weighted by atomic mass is 9.87. The largest absolute Gasteiger partial charge is 0.493 e. The summed E-state index contributed by atoms with van der Waals surface area (Å²) in [6.45, 7) is 2.16. The molecule has 0 bridgehead atoms. The summed E-state index contributed by atoms with van der Waals surface area (Å²) >= 11 is 0. The first kappa shape index (κ1) is 14.6. The van der Waals surface area contributed by atoms with Gasteiger partial charge in [0, 0.05) is 12.0 Å². The maximum absolute atomic E-state index is 5.65. The second-order valence-corrected chi connectivity index (χ2v) is 6.60. The first-order valence-electron chi connectivity index (χ1n) is 8.55. The number of ether oxygens (including phenoxy) is 4. The first-order valence-corrected chi connectivity index (χ1v) is 8.55. The number of rotatable bonds is 2. The summed E-state index contributed by atoms with van der Waals surface area (Å²) in [6, 6.07) is 8.44. The van der Waals surface area contributed by atoms with Crippen molar-refractivity contribution in [2.45, 2.75) is 19.4 Å². The van der Waals surface area contributed by atoms with E-state index in [1.807, 2.05) is 6.07 Å². The van der Waals surface area contributed by atoms with Gasteiger partial charge in [0.2, 0.25) is 6.79 Å². The number of methoxy groups -OCH3 is 2. The molecular formula is C20H20NO4+. The maximum Gasteiger partial charge on any atom is 0.231 e. The molecule has 3 aliphatic heterocycles. The summed E-state index contributed by atoms with van der Waals surface area (Å²) in [4.78, 5) is 0. The van der Waals surface area contributed by atoms with Crippen molar-refractivity contribution in [3.05, 3.63) is 46.5 Å². The predicted octanol–water partition coefficient (Wildman–Crippen LogP) is 2.55. The average Bonchev–Trinajstić information content (AvgIpc) is 3.11. The van der Waals surface area contributed by atoms with Gasteiger partial charge in [-0.05, 0) is 29.3 Å². The summed E-state index contributed by atoms with van der Waals surface area (Å²) in [5.41, 5.74) is 6.53. The Kier molecular flexibility index (Phi) is 3.17. The molecule has 3 heterocycles. The number of fused-ring (bicyclic) bond motifs is 4. The molecule has 0 spiro atoms. The number of benzene rings is 2. The molecule has 0 N–H and O–H groups in total. The van der Waals surface area contributed by atoms with Gasteiger partial charge in [0.1, 0.15) is 6.54 Å². The van der Waals surface area contributed by atoms with E-state index in [4.69, 9.17) is 18.9 Å². The zero-order valence-electron chi connectivity index (χ0n) is 14.4. The minimum absolute atomic E-state index is 0.317. The highest BCUT2D eigenvalue weighted by atomic mass is 16.7. The Hall–Kier alpha value is -2.69. The highest BCUT2D eigenvalue weighted by molar-refractivity contribution is 6.01. The Balaban J connectivity index is 1.61. The van der Waals surface area contributed by atoms with E-state index in [9.17, 15) is 0 Å². The molecule has 0 aromatic heterocycles. The number of nitrogens with zero attached hydrogens (tertiary/aromatic N) is 1. The van der Waals surface area contributed by atoms with Gasteiger partial charge in [0.05, 0.1) is 26.2 Å². The van der Waals surface area contributed by atoms with Crippen LogP contribution in [0.2, 0.25) is 0 Å². The monoisotopic (exact) mass is 338 g/mol. The molecule has 0 atom stereocenters. The third-order valence-corrected chi connectivity index (χ3v) is 5.39. The summed E-state index contributed by atoms with van der Waals surface area (Å²) < 4.78 is 24.7. The number of hydrogen-bond acceptors (Lipinski definition) is 4. The van der Waals surface area contributed by atoms with Crippen LogP contribution in [0.1, 0.15) is 22.3 Å². The summed E-state index contributed by atoms with van der Waals surface area (Å²) in [5.74, 6) is 3.38. The second-order valence-electron chi connectivity index (χ2n) is 6.60. The predicted molar refractivity (Wildman–Crippen MR) is 92.5 cm³/mol. The molecule has 2 aromatic carbocycles. The summed E-state index contributed by atoms with van der Waals surface area (Å²) in [5, 5.41) is 0. The van der Waals surface area contributed by atoms with E-state index in [-0.39, 0.29) is 0 Å². The lowest BCUT2D eigenvalue weighted by Crippen LogP contribution is -2.35. The van der Waals surface area contributed by atoms with Gasteiger partial charge in [0.15, 0.2) is 35.3 Å². The minimum Gasteiger partial charge on any atom is -0.493 e. The van der Waals surface area contributed by atoms with Gasteiger partial charge in [0.25, 0.3) is 0 Å². The van der Waals surface area contributed by atoms with E-state index in [0.29, 0.717) is 6.79 Å². The summed E-state index contributed by atoms with van der Waals surface area (Å²) in [6.07, 6.45) is 1.90. The van der Waals surface area contributed by atoms with Gasteiger partial charge in [-0.15, -0.1) is 0 Å². The molecule has 5 heteroatoms. The van der Waals surface area contributed by atoms with Crippen LogP contribution in [0.25, 0.3) is 0 Å². The lowest BCUT2D eigenvalue weighted by Gasteiger charge is -2.25. The third-order valence-electron chi connectivity index (χ3n) is 5.39. The fourth-order valence-corrected chi connectivity index (χ4v) is 4.14. The Bertz CT molecular complexity index is 916. The van der Waals surface area contributed by atoms with Crippen molar-refractivity contribution in [1.82, 2.24) is 0 Å². The van der Waals surface area contributed by atoms with Crippen LogP contribution in [0.15, 0.2) is 24.3 Å². The van der Waals surface area contributed by atoms with Gasteiger partial charge < -0.3 is 18.9 Å². The lowest BCUT2D eigenvalue weighted by molar-refractivity contribution is -0.547. The van der Waals surface area contributed by atoms with Crippen molar-refractivity contribution in [2.75, 3.05) is 27.6 Å². The van der Waals surface area contributed by atoms with Gasteiger partial charge in [-0.25, -0.2) is 4.58 Å². The Morgan fingerprint density at radius 3 is 2.64 bits per heavy atom. The molecule has 3 aliphatic rings. The maximum atomic E-state index is 5.65. The van der Waals surface area contributed by atoms with Crippen LogP contribution in [0.5, 0.6) is 23.0 Å². The third kappa shape index (κ3) is 2.11. The van der Waals surface area contributed by atoms with E-state index in [1.165, 1.54) is 28.0 Å². The highest BCUT2D eigenvalue weighted by Gasteiger charge is 2.34. The van der Waals surface area contributed by atoms with E-state index >= 15 is 0 Å². The van der Waals surface area contributed by atoms with Crippen LogP contribution in [0, 0.1) is 0 Å². The van der Waals surface area contributed by atoms with Crippen molar-refractivity contribution >= 4 is 5.71 Å². The van der Waals surface area contributed by atoms with E-state index in [0.717, 1.165) is 48.9 Å². The van der Waals surface area contributed by atoms with Gasteiger partial charge in [-0.2, -0.15) is 0 Å². The molecule has 5 nitrogen and oxygen atoms in total. The first-order chi connectivity index (χ1) is 12.3. The molecule has 25 heavy (non-hydrogen) atoms. The SMILES string of the molecule is COc1ccc2c(c1OC)C[N+]1=C(C2)c2cc3c(cc2CC1)OCO3. The highest BCUT2D eigenvalue weighted by Crippen LogP contribution is 2.40. The smallest absolute Gasteiger partial charge is 0.231 e. The van der Waals surface area contributed by atoms with Gasteiger partial charge in [-0.3, -0.25) is 0 Å². The average molecular weight is 338 g/mol. The van der Waals surface area contributed by atoms with Crippen molar-refractivity contribution in [3.8, 4) is 23.0 Å². The quantitative estimate of drug-likeness (QED) is 0.789. The molecule has 0 unspecified atom stereocenters. The zero-order chi connectivity index (χ0) is 17.0. The second kappa shape index (κ2) is 5.41. The summed E-state index contributed by atoms with van der Waals surface area (Å²) in [7, 11) is 3.40. The van der Waals surface area contributed by atoms with Crippen molar-refractivity contribution in [3.63, 3.8) is 0 Å². The van der Waals surface area contributed by atoms with Gasteiger partial charge in [-0.1, -0.05) is 6.07 Å². The molecule has 0 radical (unpaired) electrons. The topological polar surface area (TPSA) is 39.9 Å². The molecule has 5 rings (SSSR count). The van der Waals surface area contributed by atoms with Crippen LogP contribution in [0.3, 0.4) is 0 Å².